The number of rotatable bonds is 6. The number of hydrogen-bond donors (Lipinski definition) is 0. The number of ether oxygens (including phenoxy) is 1. The Balaban J connectivity index is 2.51. The maximum Gasteiger partial charge on any atom is 0.331 e. The largest absolute Gasteiger partial charge is 0.461 e. The zero-order chi connectivity index (χ0) is 12.7. The molecular weight excluding hydrogens is 218 g/mol. The van der Waals surface area contributed by atoms with Crippen molar-refractivity contribution in [2.24, 2.45) is 10.9 Å². The van der Waals surface area contributed by atoms with Crippen LogP contribution in [0.25, 0.3) is 0 Å². The van der Waals surface area contributed by atoms with Crippen LogP contribution in [0.3, 0.4) is 0 Å². The molecule has 4 heteroatoms. The molecule has 1 aliphatic carbocycles. The van der Waals surface area contributed by atoms with Crippen LogP contribution in [0.2, 0.25) is 0 Å². The van der Waals surface area contributed by atoms with Crippen LogP contribution in [0.1, 0.15) is 46.0 Å². The molecule has 0 amide bonds. The van der Waals surface area contributed by atoms with Crippen LogP contribution in [-0.2, 0) is 14.3 Å². The molecule has 1 aliphatic rings. The molecular formula is C13H21NO3. The lowest BCUT2D eigenvalue weighted by molar-refractivity contribution is -0.150. The Labute approximate surface area is 102 Å². The Morgan fingerprint density at radius 3 is 2.59 bits per heavy atom. The Hall–Kier alpha value is -1.19. The molecule has 0 unspecified atom stereocenters. The Morgan fingerprint density at radius 1 is 1.41 bits per heavy atom. The third-order valence-corrected chi connectivity index (χ3v) is 2.88. The quantitative estimate of drug-likeness (QED) is 0.405. The molecule has 0 aromatic heterocycles. The summed E-state index contributed by atoms with van der Waals surface area (Å²) in [6.07, 6.45) is 6.59. The number of aldehydes is 1. The summed E-state index contributed by atoms with van der Waals surface area (Å²) >= 11 is 0. The van der Waals surface area contributed by atoms with Crippen molar-refractivity contribution in [3.05, 3.63) is 0 Å². The molecule has 1 fully saturated rings. The van der Waals surface area contributed by atoms with Gasteiger partial charge in [0.1, 0.15) is 12.1 Å². The first-order chi connectivity index (χ1) is 8.13. The fraction of sp³-hybridized carbons (Fsp3) is 0.769. The molecule has 0 radical (unpaired) electrons. The van der Waals surface area contributed by atoms with Gasteiger partial charge in [0.05, 0.1) is 6.21 Å². The van der Waals surface area contributed by atoms with Crippen LogP contribution in [0, 0.1) is 5.92 Å². The molecule has 0 heterocycles. The van der Waals surface area contributed by atoms with Gasteiger partial charge in [-0.2, -0.15) is 0 Å². The molecule has 96 valence electrons. The summed E-state index contributed by atoms with van der Waals surface area (Å²) in [4.78, 5) is 26.1. The number of aliphatic imine (C=N–C) groups is 1. The van der Waals surface area contributed by atoms with E-state index in [1.807, 2.05) is 13.8 Å². The highest BCUT2D eigenvalue weighted by Crippen LogP contribution is 2.22. The van der Waals surface area contributed by atoms with Crippen molar-refractivity contribution in [3.8, 4) is 0 Å². The monoisotopic (exact) mass is 239 g/mol. The first-order valence-electron chi connectivity index (χ1n) is 6.31. The molecule has 0 saturated heterocycles. The molecule has 1 saturated carbocycles. The lowest BCUT2D eigenvalue weighted by Crippen LogP contribution is -2.27. The third kappa shape index (κ3) is 5.11. The minimum absolute atomic E-state index is 0.0589. The zero-order valence-electron chi connectivity index (χ0n) is 10.6. The van der Waals surface area contributed by atoms with Crippen LogP contribution in [0.4, 0.5) is 0 Å². The minimum atomic E-state index is -0.527. The Morgan fingerprint density at radius 2 is 2.06 bits per heavy atom. The van der Waals surface area contributed by atoms with Crippen LogP contribution in [0.5, 0.6) is 0 Å². The summed E-state index contributed by atoms with van der Waals surface area (Å²) in [5.41, 5.74) is 0. The molecule has 0 N–H and O–H groups in total. The molecule has 0 spiro atoms. The van der Waals surface area contributed by atoms with Gasteiger partial charge >= 0.3 is 5.97 Å². The molecule has 0 aromatic rings. The van der Waals surface area contributed by atoms with E-state index in [2.05, 4.69) is 4.99 Å². The van der Waals surface area contributed by atoms with Crippen molar-refractivity contribution in [2.45, 2.75) is 58.1 Å². The number of hydrogen-bond acceptors (Lipinski definition) is 4. The summed E-state index contributed by atoms with van der Waals surface area (Å²) in [5, 5.41) is 0. The molecule has 0 aromatic carbocycles. The van der Waals surface area contributed by atoms with E-state index in [9.17, 15) is 9.59 Å². The van der Waals surface area contributed by atoms with Crippen molar-refractivity contribution in [3.63, 3.8) is 0 Å². The predicted molar refractivity (Wildman–Crippen MR) is 66.1 cm³/mol. The summed E-state index contributed by atoms with van der Waals surface area (Å²) < 4.78 is 5.40. The van der Waals surface area contributed by atoms with Gasteiger partial charge in [-0.1, -0.05) is 13.8 Å². The van der Waals surface area contributed by atoms with Crippen LogP contribution in [-0.4, -0.2) is 30.6 Å². The maximum atomic E-state index is 11.9. The average Bonchev–Trinajstić information content (AvgIpc) is 2.76. The van der Waals surface area contributed by atoms with E-state index in [4.69, 9.17) is 4.74 Å². The van der Waals surface area contributed by atoms with Gasteiger partial charge in [-0.05, 0) is 38.0 Å². The van der Waals surface area contributed by atoms with Crippen molar-refractivity contribution in [1.29, 1.82) is 0 Å². The van der Waals surface area contributed by atoms with Crippen molar-refractivity contribution in [1.82, 2.24) is 0 Å². The number of carbonyl (C=O) groups is 2. The lowest BCUT2D eigenvalue weighted by atomic mass is 10.0. The van der Waals surface area contributed by atoms with E-state index in [0.29, 0.717) is 18.6 Å². The number of esters is 1. The van der Waals surface area contributed by atoms with Crippen LogP contribution < -0.4 is 0 Å². The highest BCUT2D eigenvalue weighted by atomic mass is 16.5. The van der Waals surface area contributed by atoms with Crippen LogP contribution >= 0.6 is 0 Å². The molecule has 1 atom stereocenters. The second-order valence-corrected chi connectivity index (χ2v) is 4.92. The van der Waals surface area contributed by atoms with E-state index < -0.39 is 6.04 Å². The smallest absolute Gasteiger partial charge is 0.331 e. The first kappa shape index (κ1) is 13.9. The van der Waals surface area contributed by atoms with E-state index >= 15 is 0 Å². The first-order valence-corrected chi connectivity index (χ1v) is 6.31. The van der Waals surface area contributed by atoms with Gasteiger partial charge in [-0.3, -0.25) is 9.79 Å². The Kier molecular flexibility index (Phi) is 5.87. The van der Waals surface area contributed by atoms with Gasteiger partial charge in [0.25, 0.3) is 0 Å². The minimum Gasteiger partial charge on any atom is -0.461 e. The highest BCUT2D eigenvalue weighted by Gasteiger charge is 2.25. The van der Waals surface area contributed by atoms with Gasteiger partial charge in [-0.25, -0.2) is 4.79 Å². The third-order valence-electron chi connectivity index (χ3n) is 2.88. The molecule has 0 bridgehead atoms. The Bertz CT molecular complexity index is 280. The van der Waals surface area contributed by atoms with E-state index in [0.717, 1.165) is 31.9 Å². The summed E-state index contributed by atoms with van der Waals surface area (Å²) in [7, 11) is 0. The van der Waals surface area contributed by atoms with Gasteiger partial charge in [-0.15, -0.1) is 0 Å². The number of carbonyl (C=O) groups excluding carboxylic acids is 2. The second-order valence-electron chi connectivity index (χ2n) is 4.92. The van der Waals surface area contributed by atoms with Crippen molar-refractivity contribution in [2.75, 3.05) is 0 Å². The highest BCUT2D eigenvalue weighted by molar-refractivity contribution is 6.13. The van der Waals surface area contributed by atoms with E-state index in [-0.39, 0.29) is 12.1 Å². The zero-order valence-corrected chi connectivity index (χ0v) is 10.6. The summed E-state index contributed by atoms with van der Waals surface area (Å²) in [6.45, 7) is 4.04. The molecule has 4 nitrogen and oxygen atoms in total. The SMILES string of the molecule is CC(C)C[C@H](N=CC=O)C(=O)OC1CCCC1. The van der Waals surface area contributed by atoms with E-state index in [1.54, 1.807) is 0 Å². The van der Waals surface area contributed by atoms with Gasteiger partial charge in [0.2, 0.25) is 0 Å². The maximum absolute atomic E-state index is 11.9. The molecule has 1 rings (SSSR count). The van der Waals surface area contributed by atoms with E-state index in [1.165, 1.54) is 0 Å². The number of nitrogens with zero attached hydrogens (tertiary/aromatic N) is 1. The average molecular weight is 239 g/mol. The predicted octanol–water partition coefficient (Wildman–Crippen LogP) is 2.16. The molecule has 0 aliphatic heterocycles. The topological polar surface area (TPSA) is 55.7 Å². The second kappa shape index (κ2) is 7.20. The van der Waals surface area contributed by atoms with Crippen molar-refractivity contribution >= 4 is 18.5 Å². The summed E-state index contributed by atoms with van der Waals surface area (Å²) in [6, 6.07) is -0.527. The lowest BCUT2D eigenvalue weighted by Gasteiger charge is -2.17. The van der Waals surface area contributed by atoms with Gasteiger partial charge in [0.15, 0.2) is 6.29 Å². The summed E-state index contributed by atoms with van der Waals surface area (Å²) in [5.74, 6) is 0.0589. The fourth-order valence-corrected chi connectivity index (χ4v) is 2.05. The van der Waals surface area contributed by atoms with Crippen LogP contribution in [0.15, 0.2) is 4.99 Å². The van der Waals surface area contributed by atoms with Gasteiger partial charge in [0, 0.05) is 0 Å². The fourth-order valence-electron chi connectivity index (χ4n) is 2.05. The van der Waals surface area contributed by atoms with Gasteiger partial charge < -0.3 is 4.74 Å². The normalized spacial score (nSPS) is 18.8. The van der Waals surface area contributed by atoms with Crippen molar-refractivity contribution < 1.29 is 14.3 Å². The molecule has 17 heavy (non-hydrogen) atoms. The standard InChI is InChI=1S/C13H21NO3/c1-10(2)9-12(14-7-8-15)13(16)17-11-5-3-4-6-11/h7-8,10-12H,3-6,9H2,1-2H3/t12-/m0/s1.